The fourth-order valence-corrected chi connectivity index (χ4v) is 3.48. The molecule has 0 heterocycles. The van der Waals surface area contributed by atoms with Crippen molar-refractivity contribution in [3.05, 3.63) is 60.7 Å². The molecule has 0 aliphatic heterocycles. The number of benzene rings is 2. The SMILES string of the molecule is CCCCCCN(Oc1ccccc1)S(=O)(=O)c1ccccc1. The van der Waals surface area contributed by atoms with Gasteiger partial charge in [-0.3, -0.25) is 0 Å². The van der Waals surface area contributed by atoms with Gasteiger partial charge in [-0.15, -0.1) is 0 Å². The molecule has 0 saturated carbocycles. The van der Waals surface area contributed by atoms with Gasteiger partial charge in [0.15, 0.2) is 0 Å². The number of sulfonamides is 1. The number of para-hydroxylation sites is 1. The highest BCUT2D eigenvalue weighted by Gasteiger charge is 2.26. The van der Waals surface area contributed by atoms with Gasteiger partial charge in [-0.25, -0.2) is 8.42 Å². The van der Waals surface area contributed by atoms with Crippen LogP contribution in [0.5, 0.6) is 5.75 Å². The zero-order valence-corrected chi connectivity index (χ0v) is 14.2. The van der Waals surface area contributed by atoms with Crippen LogP contribution in [0.2, 0.25) is 0 Å². The van der Waals surface area contributed by atoms with E-state index in [-0.39, 0.29) is 4.90 Å². The number of unbranched alkanes of at least 4 members (excludes halogenated alkanes) is 3. The summed E-state index contributed by atoms with van der Waals surface area (Å²) < 4.78 is 26.7. The lowest BCUT2D eigenvalue weighted by atomic mass is 10.2. The van der Waals surface area contributed by atoms with Gasteiger partial charge in [0.05, 0.1) is 11.4 Å². The molecule has 0 fully saturated rings. The summed E-state index contributed by atoms with van der Waals surface area (Å²) in [7, 11) is -3.68. The van der Waals surface area contributed by atoms with Crippen LogP contribution in [0.25, 0.3) is 0 Å². The first kappa shape index (κ1) is 17.5. The molecule has 0 bridgehead atoms. The molecule has 0 aromatic heterocycles. The van der Waals surface area contributed by atoms with E-state index in [2.05, 4.69) is 6.92 Å². The molecule has 4 nitrogen and oxygen atoms in total. The minimum Gasteiger partial charge on any atom is -0.391 e. The Bertz CT molecular complexity index is 672. The molecule has 0 aliphatic rings. The molecule has 0 aliphatic carbocycles. The van der Waals surface area contributed by atoms with Crippen molar-refractivity contribution in [2.75, 3.05) is 6.54 Å². The number of hydrogen-bond donors (Lipinski definition) is 0. The summed E-state index contributed by atoms with van der Waals surface area (Å²) in [5, 5.41) is 0. The molecule has 5 heteroatoms. The average molecular weight is 333 g/mol. The van der Waals surface area contributed by atoms with Gasteiger partial charge in [0.2, 0.25) is 0 Å². The van der Waals surface area contributed by atoms with Gasteiger partial charge in [0.1, 0.15) is 5.75 Å². The Morgan fingerprint density at radius 1 is 0.870 bits per heavy atom. The van der Waals surface area contributed by atoms with Crippen molar-refractivity contribution in [1.82, 2.24) is 4.47 Å². The lowest BCUT2D eigenvalue weighted by Gasteiger charge is -2.22. The van der Waals surface area contributed by atoms with E-state index in [1.807, 2.05) is 18.2 Å². The highest BCUT2D eigenvalue weighted by atomic mass is 32.2. The fourth-order valence-electron chi connectivity index (χ4n) is 2.19. The Balaban J connectivity index is 2.18. The molecule has 23 heavy (non-hydrogen) atoms. The Kier molecular flexibility index (Phi) is 6.62. The minimum absolute atomic E-state index is 0.242. The topological polar surface area (TPSA) is 46.6 Å². The number of hydroxylamine groups is 1. The minimum atomic E-state index is -3.68. The third-order valence-corrected chi connectivity index (χ3v) is 5.11. The van der Waals surface area contributed by atoms with Gasteiger partial charge in [-0.2, -0.15) is 0 Å². The predicted molar refractivity (Wildman–Crippen MR) is 91.5 cm³/mol. The molecule has 0 unspecified atom stereocenters. The van der Waals surface area contributed by atoms with Crippen molar-refractivity contribution in [1.29, 1.82) is 0 Å². The van der Waals surface area contributed by atoms with Crippen molar-refractivity contribution in [3.63, 3.8) is 0 Å². The summed E-state index contributed by atoms with van der Waals surface area (Å²) in [6.45, 7) is 2.46. The van der Waals surface area contributed by atoms with Crippen LogP contribution in [0.3, 0.4) is 0 Å². The van der Waals surface area contributed by atoms with Crippen LogP contribution in [0.4, 0.5) is 0 Å². The summed E-state index contributed by atoms with van der Waals surface area (Å²) in [4.78, 5) is 5.90. The van der Waals surface area contributed by atoms with Gasteiger partial charge in [-0.1, -0.05) is 62.6 Å². The summed E-state index contributed by atoms with van der Waals surface area (Å²) in [6.07, 6.45) is 3.94. The maximum absolute atomic E-state index is 12.8. The molecule has 2 rings (SSSR count). The normalized spacial score (nSPS) is 11.6. The van der Waals surface area contributed by atoms with Crippen LogP contribution in [0.1, 0.15) is 32.6 Å². The summed E-state index contributed by atoms with van der Waals surface area (Å²) >= 11 is 0. The highest BCUT2D eigenvalue weighted by Crippen LogP contribution is 2.20. The van der Waals surface area contributed by atoms with Crippen LogP contribution < -0.4 is 4.84 Å². The quantitative estimate of drug-likeness (QED) is 0.509. The first-order chi connectivity index (χ1) is 11.1. The zero-order chi connectivity index (χ0) is 16.5. The van der Waals surface area contributed by atoms with Gasteiger partial charge >= 0.3 is 0 Å². The van der Waals surface area contributed by atoms with Crippen molar-refractivity contribution < 1.29 is 13.3 Å². The van der Waals surface area contributed by atoms with E-state index < -0.39 is 10.0 Å². The second-order valence-electron chi connectivity index (χ2n) is 5.31. The van der Waals surface area contributed by atoms with Gasteiger partial charge in [0.25, 0.3) is 10.0 Å². The average Bonchev–Trinajstić information content (AvgIpc) is 2.59. The van der Waals surface area contributed by atoms with Crippen LogP contribution in [-0.4, -0.2) is 19.4 Å². The first-order valence-electron chi connectivity index (χ1n) is 7.95. The van der Waals surface area contributed by atoms with Crippen molar-refractivity contribution in [3.8, 4) is 5.75 Å². The number of rotatable bonds is 9. The third kappa shape index (κ3) is 5.08. The monoisotopic (exact) mass is 333 g/mol. The van der Waals surface area contributed by atoms with Crippen molar-refractivity contribution >= 4 is 10.0 Å². The van der Waals surface area contributed by atoms with Crippen LogP contribution in [0, 0.1) is 0 Å². The highest BCUT2D eigenvalue weighted by molar-refractivity contribution is 7.89. The van der Waals surface area contributed by atoms with Crippen molar-refractivity contribution in [2.24, 2.45) is 0 Å². The Hall–Kier alpha value is -1.85. The van der Waals surface area contributed by atoms with Crippen LogP contribution >= 0.6 is 0 Å². The Morgan fingerprint density at radius 2 is 1.48 bits per heavy atom. The first-order valence-corrected chi connectivity index (χ1v) is 9.39. The van der Waals surface area contributed by atoms with E-state index in [1.165, 1.54) is 0 Å². The molecule has 0 spiro atoms. The maximum atomic E-state index is 12.8. The van der Waals surface area contributed by atoms with Crippen LogP contribution in [-0.2, 0) is 10.0 Å². The van der Waals surface area contributed by atoms with Crippen LogP contribution in [0.15, 0.2) is 65.6 Å². The molecular weight excluding hydrogens is 310 g/mol. The second kappa shape index (κ2) is 8.70. The lowest BCUT2D eigenvalue weighted by Crippen LogP contribution is -2.35. The standard InChI is InChI=1S/C18H23NO3S/c1-2-3-4-11-16-19(22-17-12-7-5-8-13-17)23(20,21)18-14-9-6-10-15-18/h5-10,12-15H,2-4,11,16H2,1H3. The summed E-state index contributed by atoms with van der Waals surface area (Å²) in [6, 6.07) is 17.4. The van der Waals surface area contributed by atoms with Crippen molar-refractivity contribution in [2.45, 2.75) is 37.5 Å². The van der Waals surface area contributed by atoms with E-state index in [1.54, 1.807) is 42.5 Å². The molecule has 2 aromatic rings. The van der Waals surface area contributed by atoms with E-state index in [9.17, 15) is 8.42 Å². The fraction of sp³-hybridized carbons (Fsp3) is 0.333. The Labute approximate surface area is 138 Å². The molecule has 0 saturated heterocycles. The van der Waals surface area contributed by atoms with E-state index >= 15 is 0 Å². The largest absolute Gasteiger partial charge is 0.391 e. The summed E-state index contributed by atoms with van der Waals surface area (Å²) in [5.74, 6) is 0.516. The number of hydrogen-bond acceptors (Lipinski definition) is 3. The third-order valence-electron chi connectivity index (χ3n) is 3.45. The maximum Gasteiger partial charge on any atom is 0.273 e. The molecule has 0 amide bonds. The molecule has 124 valence electrons. The predicted octanol–water partition coefficient (Wildman–Crippen LogP) is 4.25. The molecule has 2 aromatic carbocycles. The molecule has 0 atom stereocenters. The smallest absolute Gasteiger partial charge is 0.273 e. The Morgan fingerprint density at radius 3 is 2.09 bits per heavy atom. The van der Waals surface area contributed by atoms with E-state index in [0.29, 0.717) is 12.3 Å². The van der Waals surface area contributed by atoms with E-state index in [0.717, 1.165) is 30.2 Å². The van der Waals surface area contributed by atoms with Gasteiger partial charge in [0, 0.05) is 0 Å². The number of nitrogens with zero attached hydrogens (tertiary/aromatic N) is 1. The molecule has 0 N–H and O–H groups in total. The van der Waals surface area contributed by atoms with Gasteiger partial charge < -0.3 is 4.84 Å². The second-order valence-corrected chi connectivity index (χ2v) is 7.14. The lowest BCUT2D eigenvalue weighted by molar-refractivity contribution is 0.0343. The molecule has 0 radical (unpaired) electrons. The zero-order valence-electron chi connectivity index (χ0n) is 13.4. The van der Waals surface area contributed by atoms with Gasteiger partial charge in [-0.05, 0) is 35.2 Å². The molecular formula is C18H23NO3S. The van der Waals surface area contributed by atoms with E-state index in [4.69, 9.17) is 4.84 Å². The summed E-state index contributed by atoms with van der Waals surface area (Å²) in [5.41, 5.74) is 0.